The maximum absolute atomic E-state index is 11.4. The monoisotopic (exact) mass is 212 g/mol. The second kappa shape index (κ2) is 4.50. The van der Waals surface area contributed by atoms with E-state index in [4.69, 9.17) is 10.8 Å². The number of rotatable bonds is 4. The molecular formula is C9H12N2O4. The zero-order valence-electron chi connectivity index (χ0n) is 8.27. The zero-order valence-corrected chi connectivity index (χ0v) is 8.27. The van der Waals surface area contributed by atoms with Crippen molar-refractivity contribution in [3.05, 3.63) is 18.0 Å². The third kappa shape index (κ3) is 2.73. The summed E-state index contributed by atoms with van der Waals surface area (Å²) in [6.45, 7) is 1.76. The van der Waals surface area contributed by atoms with Crippen LogP contribution in [0.2, 0.25) is 0 Å². The predicted molar refractivity (Wildman–Crippen MR) is 52.4 cm³/mol. The number of carbonyl (C=O) groups excluding carboxylic acids is 1. The average Bonchev–Trinajstić information content (AvgIpc) is 2.56. The van der Waals surface area contributed by atoms with Crippen LogP contribution >= 0.6 is 0 Å². The fourth-order valence-electron chi connectivity index (χ4n) is 1.17. The summed E-state index contributed by atoms with van der Waals surface area (Å²) in [4.78, 5) is 21.6. The Morgan fingerprint density at radius 2 is 2.27 bits per heavy atom. The number of aromatic nitrogens is 1. The number of ether oxygens (including phenoxy) is 1. The molecule has 1 rings (SSSR count). The van der Waals surface area contributed by atoms with Gasteiger partial charge in [-0.05, 0) is 13.0 Å². The third-order valence-electron chi connectivity index (χ3n) is 1.79. The molecule has 15 heavy (non-hydrogen) atoms. The van der Waals surface area contributed by atoms with Crippen LogP contribution in [0.25, 0.3) is 0 Å². The van der Waals surface area contributed by atoms with Crippen molar-refractivity contribution in [1.29, 1.82) is 0 Å². The van der Waals surface area contributed by atoms with Crippen LogP contribution in [-0.4, -0.2) is 28.2 Å². The summed E-state index contributed by atoms with van der Waals surface area (Å²) in [5.74, 6) is -1.87. The first kappa shape index (κ1) is 11.1. The van der Waals surface area contributed by atoms with E-state index in [1.807, 2.05) is 6.92 Å². The van der Waals surface area contributed by atoms with Gasteiger partial charge in [0.2, 0.25) is 0 Å². The van der Waals surface area contributed by atoms with E-state index in [-0.39, 0.29) is 5.69 Å². The van der Waals surface area contributed by atoms with Gasteiger partial charge in [0.15, 0.2) is 6.61 Å². The number of carbonyl (C=O) groups is 2. The van der Waals surface area contributed by atoms with Crippen LogP contribution in [0.1, 0.15) is 17.4 Å². The Bertz CT molecular complexity index is 383. The molecule has 0 bridgehead atoms. The first-order chi connectivity index (χ1) is 7.04. The van der Waals surface area contributed by atoms with Crippen molar-refractivity contribution in [2.45, 2.75) is 13.5 Å². The third-order valence-corrected chi connectivity index (χ3v) is 1.79. The summed E-state index contributed by atoms with van der Waals surface area (Å²) in [7, 11) is 0. The lowest BCUT2D eigenvalue weighted by atomic mass is 10.4. The standard InChI is InChI=1S/C9H12N2O4/c1-2-11-4-6(10)3-7(11)9(14)15-5-8(12)13/h3-4H,2,5,10H2,1H3,(H,12,13). The summed E-state index contributed by atoms with van der Waals surface area (Å²) >= 11 is 0. The van der Waals surface area contributed by atoms with Gasteiger partial charge in [0, 0.05) is 12.7 Å². The predicted octanol–water partition coefficient (Wildman–Crippen LogP) is 0.332. The highest BCUT2D eigenvalue weighted by molar-refractivity contribution is 5.90. The van der Waals surface area contributed by atoms with Crippen LogP contribution in [0.4, 0.5) is 5.69 Å². The maximum atomic E-state index is 11.4. The molecule has 0 aliphatic rings. The molecule has 82 valence electrons. The number of aliphatic carboxylic acids is 1. The summed E-state index contributed by atoms with van der Waals surface area (Å²) in [6, 6.07) is 1.45. The second-order valence-corrected chi connectivity index (χ2v) is 2.91. The number of nitrogens with zero attached hydrogens (tertiary/aromatic N) is 1. The quantitative estimate of drug-likeness (QED) is 0.701. The van der Waals surface area contributed by atoms with E-state index in [1.54, 1.807) is 10.8 Å². The van der Waals surface area contributed by atoms with Gasteiger partial charge >= 0.3 is 11.9 Å². The summed E-state index contributed by atoms with van der Waals surface area (Å²) in [5, 5.41) is 8.33. The van der Waals surface area contributed by atoms with Crippen molar-refractivity contribution < 1.29 is 19.4 Å². The number of anilines is 1. The Balaban J connectivity index is 2.76. The van der Waals surface area contributed by atoms with Gasteiger partial charge in [0.05, 0.1) is 5.69 Å². The molecule has 3 N–H and O–H groups in total. The molecule has 0 fully saturated rings. The molecule has 0 radical (unpaired) electrons. The Kier molecular flexibility index (Phi) is 3.33. The molecule has 1 heterocycles. The van der Waals surface area contributed by atoms with Gasteiger partial charge in [0.1, 0.15) is 5.69 Å². The molecule has 6 nitrogen and oxygen atoms in total. The molecule has 0 aliphatic heterocycles. The Morgan fingerprint density at radius 1 is 1.60 bits per heavy atom. The summed E-state index contributed by atoms with van der Waals surface area (Å²) in [6.07, 6.45) is 1.59. The molecule has 1 aromatic rings. The fraction of sp³-hybridized carbons (Fsp3) is 0.333. The number of esters is 1. The number of hydrogen-bond acceptors (Lipinski definition) is 4. The number of nitrogen functional groups attached to an aromatic ring is 1. The molecule has 0 spiro atoms. The molecule has 0 saturated carbocycles. The van der Waals surface area contributed by atoms with Gasteiger partial charge in [-0.25, -0.2) is 9.59 Å². The first-order valence-electron chi connectivity index (χ1n) is 4.39. The van der Waals surface area contributed by atoms with Crippen LogP contribution in [0.5, 0.6) is 0 Å². The SMILES string of the molecule is CCn1cc(N)cc1C(=O)OCC(=O)O. The topological polar surface area (TPSA) is 94.5 Å². The normalized spacial score (nSPS) is 9.93. The Morgan fingerprint density at radius 3 is 2.80 bits per heavy atom. The average molecular weight is 212 g/mol. The van der Waals surface area contributed by atoms with Crippen molar-refractivity contribution in [3.8, 4) is 0 Å². The highest BCUT2D eigenvalue weighted by Crippen LogP contribution is 2.11. The molecule has 0 aliphatic carbocycles. The number of aryl methyl sites for hydroxylation is 1. The number of nitrogens with two attached hydrogens (primary N) is 1. The van der Waals surface area contributed by atoms with Gasteiger partial charge in [-0.2, -0.15) is 0 Å². The molecule has 6 heteroatoms. The van der Waals surface area contributed by atoms with E-state index in [2.05, 4.69) is 4.74 Å². The van der Waals surface area contributed by atoms with Crippen molar-refractivity contribution in [3.63, 3.8) is 0 Å². The molecule has 0 atom stereocenters. The minimum absolute atomic E-state index is 0.260. The van der Waals surface area contributed by atoms with Gasteiger partial charge in [-0.15, -0.1) is 0 Å². The van der Waals surface area contributed by atoms with Crippen LogP contribution in [-0.2, 0) is 16.1 Å². The maximum Gasteiger partial charge on any atom is 0.355 e. The van der Waals surface area contributed by atoms with Crippen molar-refractivity contribution >= 4 is 17.6 Å². The molecule has 1 aromatic heterocycles. The minimum Gasteiger partial charge on any atom is -0.479 e. The summed E-state index contributed by atoms with van der Waals surface area (Å²) in [5.41, 5.74) is 6.21. The van der Waals surface area contributed by atoms with E-state index >= 15 is 0 Å². The Labute approximate surface area is 86.2 Å². The largest absolute Gasteiger partial charge is 0.479 e. The molecule has 0 amide bonds. The van der Waals surface area contributed by atoms with Crippen LogP contribution in [0.15, 0.2) is 12.3 Å². The van der Waals surface area contributed by atoms with E-state index in [1.165, 1.54) is 6.07 Å². The van der Waals surface area contributed by atoms with Crippen LogP contribution < -0.4 is 5.73 Å². The second-order valence-electron chi connectivity index (χ2n) is 2.91. The molecule has 0 unspecified atom stereocenters. The van der Waals surface area contributed by atoms with Crippen molar-refractivity contribution in [1.82, 2.24) is 4.57 Å². The Hall–Kier alpha value is -1.98. The van der Waals surface area contributed by atoms with Gasteiger partial charge in [0.25, 0.3) is 0 Å². The van der Waals surface area contributed by atoms with Crippen molar-refractivity contribution in [2.75, 3.05) is 12.3 Å². The minimum atomic E-state index is -1.19. The van der Waals surface area contributed by atoms with Crippen LogP contribution in [0, 0.1) is 0 Å². The van der Waals surface area contributed by atoms with Crippen LogP contribution in [0.3, 0.4) is 0 Å². The zero-order chi connectivity index (χ0) is 11.4. The van der Waals surface area contributed by atoms with E-state index in [0.29, 0.717) is 12.2 Å². The van der Waals surface area contributed by atoms with E-state index < -0.39 is 18.5 Å². The number of hydrogen-bond donors (Lipinski definition) is 2. The van der Waals surface area contributed by atoms with Gasteiger partial charge in [-0.3, -0.25) is 0 Å². The highest BCUT2D eigenvalue weighted by atomic mass is 16.5. The van der Waals surface area contributed by atoms with E-state index in [0.717, 1.165) is 0 Å². The summed E-state index contributed by atoms with van der Waals surface area (Å²) < 4.78 is 6.13. The highest BCUT2D eigenvalue weighted by Gasteiger charge is 2.14. The molecule has 0 saturated heterocycles. The van der Waals surface area contributed by atoms with Gasteiger partial charge in [-0.1, -0.05) is 0 Å². The lowest BCUT2D eigenvalue weighted by molar-refractivity contribution is -0.140. The van der Waals surface area contributed by atoms with Gasteiger partial charge < -0.3 is 20.1 Å². The lowest BCUT2D eigenvalue weighted by Gasteiger charge is -2.04. The molecular weight excluding hydrogens is 200 g/mol. The first-order valence-corrected chi connectivity index (χ1v) is 4.39. The number of carboxylic acids is 1. The fourth-order valence-corrected chi connectivity index (χ4v) is 1.17. The lowest BCUT2D eigenvalue weighted by Crippen LogP contribution is -2.16. The smallest absolute Gasteiger partial charge is 0.355 e. The molecule has 0 aromatic carbocycles. The van der Waals surface area contributed by atoms with E-state index in [9.17, 15) is 9.59 Å². The van der Waals surface area contributed by atoms with Crippen molar-refractivity contribution in [2.24, 2.45) is 0 Å². The number of carboxylic acid groups (broad SMARTS) is 1.